The van der Waals surface area contributed by atoms with E-state index in [0.29, 0.717) is 25.7 Å². The van der Waals surface area contributed by atoms with Crippen molar-refractivity contribution >= 4 is 5.97 Å². The summed E-state index contributed by atoms with van der Waals surface area (Å²) < 4.78 is 11.2. The van der Waals surface area contributed by atoms with E-state index in [1.807, 2.05) is 6.92 Å². The highest BCUT2D eigenvalue weighted by Crippen LogP contribution is 2.42. The van der Waals surface area contributed by atoms with Crippen LogP contribution in [0.15, 0.2) is 0 Å². The van der Waals surface area contributed by atoms with Gasteiger partial charge < -0.3 is 9.47 Å². The first-order valence-corrected chi connectivity index (χ1v) is 8.46. The lowest BCUT2D eigenvalue weighted by Crippen LogP contribution is -2.44. The average Bonchev–Trinajstić information content (AvgIpc) is 2.50. The standard InChI is InChI=1S/C17H32O3/c1-4-7-13-20-16(18)17(5-2,14-19-6-3)15-11-9-8-10-12-15/h15H,4-14H2,1-3H3. The Morgan fingerprint density at radius 1 is 1.15 bits per heavy atom. The van der Waals surface area contributed by atoms with Crippen LogP contribution in [-0.2, 0) is 14.3 Å². The van der Waals surface area contributed by atoms with Gasteiger partial charge >= 0.3 is 5.97 Å². The van der Waals surface area contributed by atoms with E-state index in [9.17, 15) is 4.79 Å². The topological polar surface area (TPSA) is 35.5 Å². The van der Waals surface area contributed by atoms with Crippen LogP contribution in [0.4, 0.5) is 0 Å². The van der Waals surface area contributed by atoms with Gasteiger partial charge in [0.1, 0.15) is 0 Å². The molecule has 0 radical (unpaired) electrons. The molecule has 3 heteroatoms. The number of carbonyl (C=O) groups excluding carboxylic acids is 1. The maximum atomic E-state index is 12.7. The highest BCUT2D eigenvalue weighted by atomic mass is 16.5. The Bertz CT molecular complexity index is 271. The van der Waals surface area contributed by atoms with Crippen molar-refractivity contribution in [2.45, 2.75) is 72.1 Å². The van der Waals surface area contributed by atoms with Crippen LogP contribution in [0.1, 0.15) is 72.1 Å². The number of carbonyl (C=O) groups is 1. The minimum atomic E-state index is -0.413. The number of ether oxygens (including phenoxy) is 2. The Balaban J connectivity index is 2.76. The van der Waals surface area contributed by atoms with Crippen LogP contribution in [0.5, 0.6) is 0 Å². The summed E-state index contributed by atoms with van der Waals surface area (Å²) >= 11 is 0. The highest BCUT2D eigenvalue weighted by molar-refractivity contribution is 5.77. The zero-order valence-electron chi connectivity index (χ0n) is 13.6. The fraction of sp³-hybridized carbons (Fsp3) is 0.941. The first-order chi connectivity index (χ1) is 9.71. The summed E-state index contributed by atoms with van der Waals surface area (Å²) in [6, 6.07) is 0. The predicted molar refractivity (Wildman–Crippen MR) is 81.7 cm³/mol. The van der Waals surface area contributed by atoms with Crippen molar-refractivity contribution in [3.05, 3.63) is 0 Å². The van der Waals surface area contributed by atoms with E-state index in [1.165, 1.54) is 19.3 Å². The molecule has 0 heterocycles. The van der Waals surface area contributed by atoms with Gasteiger partial charge in [0, 0.05) is 6.61 Å². The normalized spacial score (nSPS) is 19.6. The number of esters is 1. The monoisotopic (exact) mass is 284 g/mol. The lowest BCUT2D eigenvalue weighted by Gasteiger charge is -2.39. The molecule has 0 spiro atoms. The van der Waals surface area contributed by atoms with E-state index in [4.69, 9.17) is 9.47 Å². The van der Waals surface area contributed by atoms with Crippen LogP contribution in [0, 0.1) is 11.3 Å². The quantitative estimate of drug-likeness (QED) is 0.466. The average molecular weight is 284 g/mol. The van der Waals surface area contributed by atoms with Crippen molar-refractivity contribution in [2.75, 3.05) is 19.8 Å². The largest absolute Gasteiger partial charge is 0.465 e. The van der Waals surface area contributed by atoms with Gasteiger partial charge in [0.15, 0.2) is 0 Å². The number of hydrogen-bond donors (Lipinski definition) is 0. The number of rotatable bonds is 9. The van der Waals surface area contributed by atoms with E-state index in [2.05, 4.69) is 13.8 Å². The lowest BCUT2D eigenvalue weighted by molar-refractivity contribution is -0.166. The van der Waals surface area contributed by atoms with Crippen molar-refractivity contribution < 1.29 is 14.3 Å². The minimum Gasteiger partial charge on any atom is -0.465 e. The Kier molecular flexibility index (Phi) is 8.20. The molecule has 0 aromatic rings. The van der Waals surface area contributed by atoms with Crippen molar-refractivity contribution in [3.8, 4) is 0 Å². The van der Waals surface area contributed by atoms with Crippen LogP contribution < -0.4 is 0 Å². The lowest BCUT2D eigenvalue weighted by atomic mass is 9.67. The van der Waals surface area contributed by atoms with E-state index in [-0.39, 0.29) is 5.97 Å². The Morgan fingerprint density at radius 3 is 2.40 bits per heavy atom. The molecule has 3 nitrogen and oxygen atoms in total. The van der Waals surface area contributed by atoms with E-state index in [0.717, 1.165) is 32.1 Å². The molecule has 20 heavy (non-hydrogen) atoms. The fourth-order valence-corrected chi connectivity index (χ4v) is 3.27. The maximum absolute atomic E-state index is 12.7. The SMILES string of the molecule is CCCCOC(=O)C(CC)(COCC)C1CCCCC1. The van der Waals surface area contributed by atoms with Crippen LogP contribution in [0.25, 0.3) is 0 Å². The van der Waals surface area contributed by atoms with Crippen LogP contribution in [-0.4, -0.2) is 25.8 Å². The molecule has 1 unspecified atom stereocenters. The van der Waals surface area contributed by atoms with E-state index < -0.39 is 5.41 Å². The highest BCUT2D eigenvalue weighted by Gasteiger charge is 2.45. The van der Waals surface area contributed by atoms with Gasteiger partial charge in [-0.25, -0.2) is 0 Å². The molecule has 1 saturated carbocycles. The van der Waals surface area contributed by atoms with Crippen LogP contribution in [0.2, 0.25) is 0 Å². The second-order valence-electron chi connectivity index (χ2n) is 5.97. The van der Waals surface area contributed by atoms with Gasteiger partial charge in [0.2, 0.25) is 0 Å². The summed E-state index contributed by atoms with van der Waals surface area (Å²) in [5.74, 6) is 0.413. The summed E-state index contributed by atoms with van der Waals surface area (Å²) in [4.78, 5) is 12.7. The van der Waals surface area contributed by atoms with Gasteiger partial charge in [-0.3, -0.25) is 4.79 Å². The molecule has 0 amide bonds. The Hall–Kier alpha value is -0.570. The molecular formula is C17H32O3. The summed E-state index contributed by atoms with van der Waals surface area (Å²) in [5, 5.41) is 0. The molecule has 0 saturated heterocycles. The second kappa shape index (κ2) is 9.38. The van der Waals surface area contributed by atoms with Crippen LogP contribution in [0.3, 0.4) is 0 Å². The summed E-state index contributed by atoms with van der Waals surface area (Å²) in [6.07, 6.45) is 8.89. The molecule has 1 fully saturated rings. The van der Waals surface area contributed by atoms with Gasteiger partial charge in [-0.15, -0.1) is 0 Å². The minimum absolute atomic E-state index is 0.0196. The molecule has 1 atom stereocenters. The van der Waals surface area contributed by atoms with Gasteiger partial charge in [0.25, 0.3) is 0 Å². The van der Waals surface area contributed by atoms with Crippen molar-refractivity contribution in [2.24, 2.45) is 11.3 Å². The van der Waals surface area contributed by atoms with Crippen molar-refractivity contribution in [1.82, 2.24) is 0 Å². The summed E-state index contributed by atoms with van der Waals surface area (Å²) in [7, 11) is 0. The zero-order chi connectivity index (χ0) is 14.8. The van der Waals surface area contributed by atoms with E-state index in [1.54, 1.807) is 0 Å². The maximum Gasteiger partial charge on any atom is 0.314 e. The van der Waals surface area contributed by atoms with Gasteiger partial charge in [-0.05, 0) is 38.5 Å². The third-order valence-electron chi connectivity index (χ3n) is 4.72. The molecule has 0 aliphatic heterocycles. The molecule has 118 valence electrons. The third-order valence-corrected chi connectivity index (χ3v) is 4.72. The third kappa shape index (κ3) is 4.47. The summed E-state index contributed by atoms with van der Waals surface area (Å²) in [5.41, 5.74) is -0.413. The zero-order valence-corrected chi connectivity index (χ0v) is 13.6. The molecule has 0 aromatic heterocycles. The molecule has 1 aliphatic carbocycles. The smallest absolute Gasteiger partial charge is 0.314 e. The van der Waals surface area contributed by atoms with Crippen molar-refractivity contribution in [3.63, 3.8) is 0 Å². The molecule has 0 N–H and O–H groups in total. The number of unbranched alkanes of at least 4 members (excludes halogenated alkanes) is 1. The second-order valence-corrected chi connectivity index (χ2v) is 5.97. The molecule has 1 rings (SSSR count). The summed E-state index contributed by atoms with van der Waals surface area (Å²) in [6.45, 7) is 7.95. The molecule has 0 aromatic carbocycles. The Labute approximate surface area is 124 Å². The van der Waals surface area contributed by atoms with E-state index >= 15 is 0 Å². The van der Waals surface area contributed by atoms with Gasteiger partial charge in [0.05, 0.1) is 18.6 Å². The fourth-order valence-electron chi connectivity index (χ4n) is 3.27. The predicted octanol–water partition coefficient (Wildman–Crippen LogP) is 4.34. The molecular weight excluding hydrogens is 252 g/mol. The first kappa shape index (κ1) is 17.5. The molecule has 0 bridgehead atoms. The van der Waals surface area contributed by atoms with Gasteiger partial charge in [-0.1, -0.05) is 39.5 Å². The van der Waals surface area contributed by atoms with Crippen LogP contribution >= 0.6 is 0 Å². The molecule has 1 aliphatic rings. The van der Waals surface area contributed by atoms with Gasteiger partial charge in [-0.2, -0.15) is 0 Å². The van der Waals surface area contributed by atoms with Crippen molar-refractivity contribution in [1.29, 1.82) is 0 Å². The number of hydrogen-bond acceptors (Lipinski definition) is 3. The Morgan fingerprint density at radius 2 is 1.85 bits per heavy atom. The first-order valence-electron chi connectivity index (χ1n) is 8.46.